The molecule has 1 saturated carbocycles. The van der Waals surface area contributed by atoms with Crippen LogP contribution in [0.2, 0.25) is 0 Å². The highest BCUT2D eigenvalue weighted by atomic mass is 32.1. The lowest BCUT2D eigenvalue weighted by molar-refractivity contribution is -0.126. The number of thiocarbonyl (C=S) groups is 1. The van der Waals surface area contributed by atoms with E-state index in [0.29, 0.717) is 16.0 Å². The van der Waals surface area contributed by atoms with Gasteiger partial charge in [-0.15, -0.1) is 11.3 Å². The molecule has 1 aliphatic carbocycles. The summed E-state index contributed by atoms with van der Waals surface area (Å²) in [6.07, 6.45) is -0.330. The van der Waals surface area contributed by atoms with Gasteiger partial charge in [0.2, 0.25) is 5.91 Å². The molecule has 5 atom stereocenters. The molecule has 0 unspecified atom stereocenters. The minimum Gasteiger partial charge on any atom is -0.497 e. The van der Waals surface area contributed by atoms with Crippen LogP contribution < -0.4 is 20.3 Å². The number of amides is 1. The fourth-order valence-corrected chi connectivity index (χ4v) is 4.76. The number of methoxy groups -OCH3 is 1. The number of carbonyl (C=O) groups excluding carboxylic acids is 1. The quantitative estimate of drug-likeness (QED) is 0.542. The normalized spacial score (nSPS) is 29.2. The Labute approximate surface area is 171 Å². The second-order valence-corrected chi connectivity index (χ2v) is 8.04. The van der Waals surface area contributed by atoms with E-state index in [0.717, 1.165) is 5.69 Å². The van der Waals surface area contributed by atoms with Crippen LogP contribution in [0.5, 0.6) is 5.75 Å². The van der Waals surface area contributed by atoms with Gasteiger partial charge in [0, 0.05) is 17.3 Å². The lowest BCUT2D eigenvalue weighted by Crippen LogP contribution is -2.60. The maximum atomic E-state index is 13.0. The van der Waals surface area contributed by atoms with E-state index in [4.69, 9.17) is 17.0 Å². The van der Waals surface area contributed by atoms with E-state index >= 15 is 0 Å². The highest BCUT2D eigenvalue weighted by Gasteiger charge is 2.54. The molecule has 1 aromatic carbocycles. The number of fused-ring (bicyclic) bond motifs is 1. The third kappa shape index (κ3) is 3.32. The fraction of sp³-hybridized carbons (Fsp3) is 0.389. The van der Waals surface area contributed by atoms with Crippen molar-refractivity contribution < 1.29 is 19.7 Å². The van der Waals surface area contributed by atoms with Crippen molar-refractivity contribution >= 4 is 45.4 Å². The van der Waals surface area contributed by atoms with Gasteiger partial charge >= 0.3 is 0 Å². The molecule has 0 spiro atoms. The van der Waals surface area contributed by atoms with Crippen molar-refractivity contribution in [3.8, 4) is 5.75 Å². The first-order valence-electron chi connectivity index (χ1n) is 8.80. The molecule has 4 N–H and O–H groups in total. The molecule has 4 rings (SSSR count). The molecule has 2 aromatic rings. The summed E-state index contributed by atoms with van der Waals surface area (Å²) < 4.78 is 5.20. The lowest BCUT2D eigenvalue weighted by atomic mass is 9.77. The highest BCUT2D eigenvalue weighted by Crippen LogP contribution is 2.37. The molecular weight excluding hydrogens is 400 g/mol. The fourth-order valence-electron chi connectivity index (χ4n) is 3.87. The van der Waals surface area contributed by atoms with E-state index < -0.39 is 30.2 Å². The standard InChI is InChI=1S/C18H20N4O4S2/c1-26-10-4-2-9(3-5-10)22-14-11(16(25)21-17-19-6-7-28-17)8-12(23)15(24)13(14)20-18(22)27/h2-7,11-15,23-24H,8H2,1H3,(H,20,27)(H,19,21,25)/t11-,12-,13-,14-,15+/m1/s1. The van der Waals surface area contributed by atoms with Gasteiger partial charge in [0.25, 0.3) is 0 Å². The number of benzene rings is 1. The van der Waals surface area contributed by atoms with Gasteiger partial charge in [-0.05, 0) is 42.9 Å². The van der Waals surface area contributed by atoms with Crippen molar-refractivity contribution in [1.82, 2.24) is 10.3 Å². The van der Waals surface area contributed by atoms with Crippen LogP contribution >= 0.6 is 23.6 Å². The Morgan fingerprint density at radius 2 is 2.14 bits per heavy atom. The molecule has 2 fully saturated rings. The lowest BCUT2D eigenvalue weighted by Gasteiger charge is -2.41. The number of aromatic nitrogens is 1. The van der Waals surface area contributed by atoms with Crippen molar-refractivity contribution in [3.05, 3.63) is 35.8 Å². The van der Waals surface area contributed by atoms with Crippen molar-refractivity contribution in [3.63, 3.8) is 0 Å². The number of rotatable bonds is 4. The van der Waals surface area contributed by atoms with Crippen LogP contribution in [-0.4, -0.2) is 57.6 Å². The Kier molecular flexibility index (Phi) is 5.19. The number of thiazole rings is 1. The number of aliphatic hydroxyl groups excluding tert-OH is 2. The number of nitrogens with one attached hydrogen (secondary N) is 2. The highest BCUT2D eigenvalue weighted by molar-refractivity contribution is 7.80. The van der Waals surface area contributed by atoms with E-state index in [2.05, 4.69) is 15.6 Å². The third-order valence-corrected chi connectivity index (χ3v) is 6.20. The average Bonchev–Trinajstić information content (AvgIpc) is 3.32. The van der Waals surface area contributed by atoms with E-state index in [1.165, 1.54) is 11.3 Å². The molecule has 2 heterocycles. The number of anilines is 2. The maximum absolute atomic E-state index is 13.0. The molecule has 0 radical (unpaired) electrons. The first-order chi connectivity index (χ1) is 13.5. The first kappa shape index (κ1) is 19.1. The minimum absolute atomic E-state index is 0.122. The Hall–Kier alpha value is -2.27. The van der Waals surface area contributed by atoms with E-state index in [9.17, 15) is 15.0 Å². The maximum Gasteiger partial charge on any atom is 0.231 e. The summed E-state index contributed by atoms with van der Waals surface area (Å²) in [4.78, 5) is 18.9. The number of ether oxygens (including phenoxy) is 1. The molecule has 1 saturated heterocycles. The van der Waals surface area contributed by atoms with Gasteiger partial charge in [-0.1, -0.05) is 0 Å². The second kappa shape index (κ2) is 7.63. The molecule has 148 valence electrons. The van der Waals surface area contributed by atoms with Gasteiger partial charge < -0.3 is 30.5 Å². The molecule has 28 heavy (non-hydrogen) atoms. The van der Waals surface area contributed by atoms with Crippen LogP contribution in [-0.2, 0) is 4.79 Å². The van der Waals surface area contributed by atoms with E-state index in [-0.39, 0.29) is 12.3 Å². The Morgan fingerprint density at radius 3 is 2.79 bits per heavy atom. The molecule has 1 amide bonds. The molecule has 1 aliphatic heterocycles. The van der Waals surface area contributed by atoms with Crippen LogP contribution in [0.1, 0.15) is 6.42 Å². The SMILES string of the molecule is COc1ccc(N2C(=S)N[C@H]3[C@@H](O)[C@H](O)C[C@@H](C(=O)Nc4nccs4)[C@H]32)cc1. The average molecular weight is 421 g/mol. The van der Waals surface area contributed by atoms with Crippen LogP contribution in [0.4, 0.5) is 10.8 Å². The smallest absolute Gasteiger partial charge is 0.231 e. The first-order valence-corrected chi connectivity index (χ1v) is 10.1. The summed E-state index contributed by atoms with van der Waals surface area (Å²) in [5.74, 6) is -0.154. The molecule has 0 bridgehead atoms. The predicted octanol–water partition coefficient (Wildman–Crippen LogP) is 0.964. The molecule has 10 heteroatoms. The summed E-state index contributed by atoms with van der Waals surface area (Å²) in [6.45, 7) is 0. The van der Waals surface area contributed by atoms with Crippen LogP contribution in [0, 0.1) is 5.92 Å². The van der Waals surface area contributed by atoms with Gasteiger partial charge in [0.05, 0.1) is 31.2 Å². The van der Waals surface area contributed by atoms with Crippen LogP contribution in [0.25, 0.3) is 0 Å². The van der Waals surface area contributed by atoms with Crippen LogP contribution in [0.15, 0.2) is 35.8 Å². The zero-order valence-electron chi connectivity index (χ0n) is 15.0. The Bertz CT molecular complexity index is 861. The Balaban J connectivity index is 1.67. The van der Waals surface area contributed by atoms with Crippen molar-refractivity contribution in [1.29, 1.82) is 0 Å². The molecule has 8 nitrogen and oxygen atoms in total. The van der Waals surface area contributed by atoms with Crippen LogP contribution in [0.3, 0.4) is 0 Å². The van der Waals surface area contributed by atoms with Crippen molar-refractivity contribution in [2.45, 2.75) is 30.7 Å². The summed E-state index contributed by atoms with van der Waals surface area (Å²) in [5, 5.41) is 29.4. The van der Waals surface area contributed by atoms with E-state index in [1.807, 2.05) is 29.2 Å². The predicted molar refractivity (Wildman–Crippen MR) is 110 cm³/mol. The summed E-state index contributed by atoms with van der Waals surface area (Å²) in [5.41, 5.74) is 0.779. The summed E-state index contributed by atoms with van der Waals surface area (Å²) >= 11 is 6.81. The number of aliphatic hydroxyl groups is 2. The van der Waals surface area contributed by atoms with Gasteiger partial charge in [-0.25, -0.2) is 4.98 Å². The summed E-state index contributed by atoms with van der Waals surface area (Å²) in [7, 11) is 1.59. The third-order valence-electron chi connectivity index (χ3n) is 5.19. The molecule has 2 aliphatic rings. The number of hydrogen-bond acceptors (Lipinski definition) is 7. The monoisotopic (exact) mass is 420 g/mol. The Morgan fingerprint density at radius 1 is 1.39 bits per heavy atom. The molecule has 1 aromatic heterocycles. The summed E-state index contributed by atoms with van der Waals surface area (Å²) in [6, 6.07) is 6.31. The van der Waals surface area contributed by atoms with E-state index in [1.54, 1.807) is 18.7 Å². The number of carbonyl (C=O) groups is 1. The number of nitrogens with zero attached hydrogens (tertiary/aromatic N) is 2. The topological polar surface area (TPSA) is 107 Å². The largest absolute Gasteiger partial charge is 0.497 e. The molecular formula is C18H20N4O4S2. The number of hydrogen-bond donors (Lipinski definition) is 4. The van der Waals surface area contributed by atoms with Gasteiger partial charge in [0.15, 0.2) is 10.2 Å². The zero-order valence-corrected chi connectivity index (χ0v) is 16.6. The second-order valence-electron chi connectivity index (χ2n) is 6.76. The minimum atomic E-state index is -1.03. The van der Waals surface area contributed by atoms with Crippen molar-refractivity contribution in [2.24, 2.45) is 5.92 Å². The van der Waals surface area contributed by atoms with Gasteiger partial charge in [0.1, 0.15) is 11.9 Å². The zero-order chi connectivity index (χ0) is 19.8. The van der Waals surface area contributed by atoms with Gasteiger partial charge in [-0.2, -0.15) is 0 Å². The van der Waals surface area contributed by atoms with Gasteiger partial charge in [-0.3, -0.25) is 4.79 Å². The van der Waals surface area contributed by atoms with Crippen molar-refractivity contribution in [2.75, 3.05) is 17.3 Å².